The Morgan fingerprint density at radius 3 is 2.48 bits per heavy atom. The maximum atomic E-state index is 11.2. The highest BCUT2D eigenvalue weighted by Crippen LogP contribution is 2.24. The molecule has 0 radical (unpaired) electrons. The molecule has 110 valence electrons. The van der Waals surface area contributed by atoms with E-state index < -0.39 is 0 Å². The third kappa shape index (κ3) is 3.88. The fraction of sp³-hybridized carbons (Fsp3) is 0.278. The van der Waals surface area contributed by atoms with Gasteiger partial charge in [-0.15, -0.1) is 0 Å². The van der Waals surface area contributed by atoms with Crippen LogP contribution in [-0.4, -0.2) is 12.5 Å². The Labute approximate surface area is 130 Å². The van der Waals surface area contributed by atoms with Crippen molar-refractivity contribution in [2.75, 3.05) is 6.26 Å². The molecule has 0 saturated carbocycles. The van der Waals surface area contributed by atoms with Crippen molar-refractivity contribution in [2.45, 2.75) is 26.2 Å². The van der Waals surface area contributed by atoms with Gasteiger partial charge in [-0.25, -0.2) is 0 Å². The number of carbonyl (C=O) groups excluding carboxylic acids is 1. The number of benzene rings is 2. The zero-order chi connectivity index (χ0) is 15.2. The summed E-state index contributed by atoms with van der Waals surface area (Å²) in [5.41, 5.74) is 5.09. The van der Waals surface area contributed by atoms with Gasteiger partial charge in [-0.3, -0.25) is 4.79 Å². The first-order valence-corrected chi connectivity index (χ1v) is 8.30. The quantitative estimate of drug-likeness (QED) is 0.732. The lowest BCUT2D eigenvalue weighted by Gasteiger charge is -2.13. The Kier molecular flexibility index (Phi) is 5.45. The summed E-state index contributed by atoms with van der Waals surface area (Å²) in [5.74, 6) is 1.85. The van der Waals surface area contributed by atoms with E-state index in [1.54, 1.807) is 11.8 Å². The molecule has 2 aromatic carbocycles. The average molecular weight is 300 g/mol. The van der Waals surface area contributed by atoms with E-state index in [9.17, 15) is 4.79 Å². The molecule has 0 aliphatic rings. The monoisotopic (exact) mass is 300 g/mol. The third-order valence-electron chi connectivity index (χ3n) is 3.43. The topological polar surface area (TPSA) is 26.3 Å². The van der Waals surface area contributed by atoms with Crippen LogP contribution in [-0.2, 0) is 12.4 Å². The summed E-state index contributed by atoms with van der Waals surface area (Å²) in [6.07, 6.45) is 2.97. The number of ether oxygens (including phenoxy) is 1. The molecule has 0 bridgehead atoms. The SMILES string of the molecule is CSCc1ccc(C=O)c(COc2c(C)cccc2C)c1. The van der Waals surface area contributed by atoms with Gasteiger partial charge in [0.2, 0.25) is 0 Å². The number of thioether (sulfide) groups is 1. The predicted molar refractivity (Wildman–Crippen MR) is 89.3 cm³/mol. The van der Waals surface area contributed by atoms with Gasteiger partial charge < -0.3 is 4.74 Å². The van der Waals surface area contributed by atoms with E-state index in [1.165, 1.54) is 5.56 Å². The molecular formula is C18H20O2S. The van der Waals surface area contributed by atoms with Crippen LogP contribution in [0.25, 0.3) is 0 Å². The molecule has 0 aliphatic carbocycles. The van der Waals surface area contributed by atoms with E-state index in [-0.39, 0.29) is 0 Å². The molecular weight excluding hydrogens is 280 g/mol. The summed E-state index contributed by atoms with van der Waals surface area (Å²) in [7, 11) is 0. The van der Waals surface area contributed by atoms with Gasteiger partial charge in [0.1, 0.15) is 18.6 Å². The smallest absolute Gasteiger partial charge is 0.150 e. The minimum atomic E-state index is 0.419. The number of rotatable bonds is 6. The van der Waals surface area contributed by atoms with Gasteiger partial charge in [-0.1, -0.05) is 36.4 Å². The number of para-hydroxylation sites is 1. The van der Waals surface area contributed by atoms with Crippen LogP contribution in [0, 0.1) is 13.8 Å². The lowest BCUT2D eigenvalue weighted by Crippen LogP contribution is -2.03. The Morgan fingerprint density at radius 1 is 1.14 bits per heavy atom. The molecule has 2 rings (SSSR count). The fourth-order valence-electron chi connectivity index (χ4n) is 2.33. The second-order valence-corrected chi connectivity index (χ2v) is 5.96. The molecule has 0 spiro atoms. The first kappa shape index (κ1) is 15.6. The maximum Gasteiger partial charge on any atom is 0.150 e. The summed E-state index contributed by atoms with van der Waals surface area (Å²) in [6.45, 7) is 4.49. The van der Waals surface area contributed by atoms with Crippen LogP contribution in [0.15, 0.2) is 36.4 Å². The second-order valence-electron chi connectivity index (χ2n) is 5.09. The minimum Gasteiger partial charge on any atom is -0.488 e. The van der Waals surface area contributed by atoms with Crippen molar-refractivity contribution in [3.63, 3.8) is 0 Å². The van der Waals surface area contributed by atoms with Crippen molar-refractivity contribution in [2.24, 2.45) is 0 Å². The Balaban J connectivity index is 2.22. The van der Waals surface area contributed by atoms with E-state index in [0.717, 1.165) is 34.5 Å². The normalized spacial score (nSPS) is 10.4. The molecule has 3 heteroatoms. The maximum absolute atomic E-state index is 11.2. The molecule has 0 atom stereocenters. The number of aldehydes is 1. The van der Waals surface area contributed by atoms with Crippen LogP contribution in [0.3, 0.4) is 0 Å². The lowest BCUT2D eigenvalue weighted by atomic mass is 10.1. The van der Waals surface area contributed by atoms with Crippen LogP contribution in [0.4, 0.5) is 0 Å². The van der Waals surface area contributed by atoms with Crippen LogP contribution >= 0.6 is 11.8 Å². The van der Waals surface area contributed by atoms with Crippen LogP contribution < -0.4 is 4.74 Å². The molecule has 2 aromatic rings. The lowest BCUT2D eigenvalue weighted by molar-refractivity contribution is 0.112. The summed E-state index contributed by atoms with van der Waals surface area (Å²) >= 11 is 1.77. The molecule has 0 amide bonds. The largest absolute Gasteiger partial charge is 0.488 e. The summed E-state index contributed by atoms with van der Waals surface area (Å²) in [4.78, 5) is 11.2. The Morgan fingerprint density at radius 2 is 1.86 bits per heavy atom. The number of aryl methyl sites for hydroxylation is 2. The van der Waals surface area contributed by atoms with Crippen molar-refractivity contribution in [3.05, 3.63) is 64.2 Å². The second kappa shape index (κ2) is 7.32. The molecule has 0 heterocycles. The van der Waals surface area contributed by atoms with Crippen molar-refractivity contribution in [1.82, 2.24) is 0 Å². The van der Waals surface area contributed by atoms with Gasteiger partial charge in [0, 0.05) is 16.9 Å². The number of hydrogen-bond acceptors (Lipinski definition) is 3. The third-order valence-corrected chi connectivity index (χ3v) is 4.05. The Bertz CT molecular complexity index is 615. The van der Waals surface area contributed by atoms with E-state index in [0.29, 0.717) is 12.2 Å². The van der Waals surface area contributed by atoms with Crippen LogP contribution in [0.2, 0.25) is 0 Å². The zero-order valence-corrected chi connectivity index (χ0v) is 13.5. The van der Waals surface area contributed by atoms with E-state index in [1.807, 2.05) is 44.2 Å². The van der Waals surface area contributed by atoms with Gasteiger partial charge >= 0.3 is 0 Å². The molecule has 0 N–H and O–H groups in total. The first-order chi connectivity index (χ1) is 10.2. The van der Waals surface area contributed by atoms with Gasteiger partial charge in [0.05, 0.1) is 0 Å². The fourth-order valence-corrected chi connectivity index (χ4v) is 2.85. The highest BCUT2D eigenvalue weighted by atomic mass is 32.2. The summed E-state index contributed by atoms with van der Waals surface area (Å²) in [6, 6.07) is 12.0. The summed E-state index contributed by atoms with van der Waals surface area (Å²) < 4.78 is 5.96. The molecule has 0 fully saturated rings. The van der Waals surface area contributed by atoms with Crippen LogP contribution in [0.5, 0.6) is 5.75 Å². The van der Waals surface area contributed by atoms with Crippen molar-refractivity contribution < 1.29 is 9.53 Å². The minimum absolute atomic E-state index is 0.419. The number of carbonyl (C=O) groups is 1. The molecule has 0 unspecified atom stereocenters. The Hall–Kier alpha value is -1.74. The van der Waals surface area contributed by atoms with Gasteiger partial charge in [-0.05, 0) is 36.8 Å². The highest BCUT2D eigenvalue weighted by molar-refractivity contribution is 7.97. The molecule has 21 heavy (non-hydrogen) atoms. The molecule has 2 nitrogen and oxygen atoms in total. The van der Waals surface area contributed by atoms with Crippen molar-refractivity contribution >= 4 is 18.0 Å². The van der Waals surface area contributed by atoms with E-state index in [4.69, 9.17) is 4.74 Å². The van der Waals surface area contributed by atoms with Crippen LogP contribution in [0.1, 0.15) is 32.6 Å². The molecule has 0 aliphatic heterocycles. The van der Waals surface area contributed by atoms with Gasteiger partial charge in [-0.2, -0.15) is 11.8 Å². The van der Waals surface area contributed by atoms with Crippen molar-refractivity contribution in [1.29, 1.82) is 0 Å². The number of hydrogen-bond donors (Lipinski definition) is 0. The average Bonchev–Trinajstić information content (AvgIpc) is 2.47. The van der Waals surface area contributed by atoms with E-state index >= 15 is 0 Å². The molecule has 0 aromatic heterocycles. The van der Waals surface area contributed by atoms with Gasteiger partial charge in [0.25, 0.3) is 0 Å². The van der Waals surface area contributed by atoms with Crippen molar-refractivity contribution in [3.8, 4) is 5.75 Å². The molecule has 0 saturated heterocycles. The van der Waals surface area contributed by atoms with Gasteiger partial charge in [0.15, 0.2) is 0 Å². The predicted octanol–water partition coefficient (Wildman–Crippen LogP) is 4.56. The highest BCUT2D eigenvalue weighted by Gasteiger charge is 2.07. The first-order valence-electron chi connectivity index (χ1n) is 6.90. The zero-order valence-electron chi connectivity index (χ0n) is 12.7. The standard InChI is InChI=1S/C18H20O2S/c1-13-5-4-6-14(2)18(13)20-11-17-9-15(12-21-3)7-8-16(17)10-19/h4-10H,11-12H2,1-3H3. The van der Waals surface area contributed by atoms with E-state index in [2.05, 4.69) is 12.3 Å². The summed E-state index contributed by atoms with van der Waals surface area (Å²) in [5, 5.41) is 0.